The largest absolute Gasteiger partial charge is 0.294 e. The molecule has 0 atom stereocenters. The van der Waals surface area contributed by atoms with Crippen molar-refractivity contribution in [2.75, 3.05) is 0 Å². The fourth-order valence-electron chi connectivity index (χ4n) is 1.34. The Morgan fingerprint density at radius 2 is 2.13 bits per heavy atom. The van der Waals surface area contributed by atoms with Crippen molar-refractivity contribution in [2.45, 2.75) is 26.7 Å². The molecule has 0 unspecified atom stereocenters. The van der Waals surface area contributed by atoms with Gasteiger partial charge in [0.2, 0.25) is 0 Å². The van der Waals surface area contributed by atoms with Crippen LogP contribution >= 0.6 is 11.6 Å². The molecule has 0 amide bonds. The molecule has 0 radical (unpaired) electrons. The van der Waals surface area contributed by atoms with Crippen LogP contribution < -0.4 is 0 Å². The van der Waals surface area contributed by atoms with Crippen LogP contribution in [0.4, 0.5) is 0 Å². The van der Waals surface area contributed by atoms with E-state index in [9.17, 15) is 4.79 Å². The first kappa shape index (κ1) is 12.0. The Hall–Kier alpha value is -1.08. The highest BCUT2D eigenvalue weighted by Crippen LogP contribution is 2.18. The number of hydrogen-bond acceptors (Lipinski definition) is 1. The molecule has 0 bridgehead atoms. The van der Waals surface area contributed by atoms with Gasteiger partial charge in [0.1, 0.15) is 0 Å². The topological polar surface area (TPSA) is 17.1 Å². The summed E-state index contributed by atoms with van der Waals surface area (Å²) in [6, 6.07) is 5.38. The lowest BCUT2D eigenvalue weighted by Crippen LogP contribution is -2.02. The fourth-order valence-corrected chi connectivity index (χ4v) is 1.51. The van der Waals surface area contributed by atoms with Crippen LogP contribution in [-0.2, 0) is 0 Å². The maximum Gasteiger partial charge on any atom is 0.167 e. The van der Waals surface area contributed by atoms with E-state index in [1.54, 1.807) is 12.1 Å². The van der Waals surface area contributed by atoms with Gasteiger partial charge in [0.05, 0.1) is 0 Å². The van der Waals surface area contributed by atoms with E-state index in [2.05, 4.69) is 6.58 Å². The minimum Gasteiger partial charge on any atom is -0.294 e. The molecule has 0 N–H and O–H groups in total. The quantitative estimate of drug-likeness (QED) is 0.552. The highest BCUT2D eigenvalue weighted by molar-refractivity contribution is 6.31. The van der Waals surface area contributed by atoms with Crippen molar-refractivity contribution < 1.29 is 4.79 Å². The lowest BCUT2D eigenvalue weighted by atomic mass is 9.99. The zero-order valence-electron chi connectivity index (χ0n) is 9.14. The van der Waals surface area contributed by atoms with Gasteiger partial charge in [-0.15, -0.1) is 0 Å². The van der Waals surface area contributed by atoms with E-state index in [0.717, 1.165) is 17.6 Å². The van der Waals surface area contributed by atoms with Gasteiger partial charge in [0.25, 0.3) is 0 Å². The van der Waals surface area contributed by atoms with Crippen LogP contribution in [0.2, 0.25) is 5.02 Å². The number of Topliss-reactive ketones (excluding diaryl/α,β-unsaturated/α-hetero) is 1. The van der Waals surface area contributed by atoms with Crippen LogP contribution in [0, 0.1) is 6.92 Å². The van der Waals surface area contributed by atoms with Crippen molar-refractivity contribution in [3.05, 3.63) is 46.5 Å². The Morgan fingerprint density at radius 3 is 2.73 bits per heavy atom. The fraction of sp³-hybridized carbons (Fsp3) is 0.308. The third kappa shape index (κ3) is 3.21. The van der Waals surface area contributed by atoms with Crippen LogP contribution in [0.15, 0.2) is 30.4 Å². The van der Waals surface area contributed by atoms with E-state index in [-0.39, 0.29) is 5.78 Å². The van der Waals surface area contributed by atoms with Gasteiger partial charge < -0.3 is 0 Å². The number of benzene rings is 1. The normalized spacial score (nSPS) is 10.1. The molecule has 0 aliphatic heterocycles. The first-order valence-electron chi connectivity index (χ1n) is 5.00. The molecule has 0 aliphatic carbocycles. The van der Waals surface area contributed by atoms with E-state index in [4.69, 9.17) is 11.6 Å². The minimum atomic E-state index is 0.0989. The van der Waals surface area contributed by atoms with E-state index in [0.29, 0.717) is 17.0 Å². The van der Waals surface area contributed by atoms with Gasteiger partial charge in [0.15, 0.2) is 5.78 Å². The van der Waals surface area contributed by atoms with E-state index in [1.807, 2.05) is 19.9 Å². The predicted molar refractivity (Wildman–Crippen MR) is 64.6 cm³/mol. The molecule has 0 saturated heterocycles. The minimum absolute atomic E-state index is 0.0989. The number of hydrogen-bond donors (Lipinski definition) is 0. The van der Waals surface area contributed by atoms with E-state index in [1.165, 1.54) is 0 Å². The molecule has 0 heterocycles. The highest BCUT2D eigenvalue weighted by atomic mass is 35.5. The lowest BCUT2D eigenvalue weighted by molar-refractivity contribution is 0.0992. The van der Waals surface area contributed by atoms with Crippen molar-refractivity contribution >= 4 is 17.4 Å². The molecular formula is C13H15ClO. The summed E-state index contributed by atoms with van der Waals surface area (Å²) < 4.78 is 0. The van der Waals surface area contributed by atoms with E-state index >= 15 is 0 Å². The Balaban J connectivity index is 2.91. The Bertz CT molecular complexity index is 394. The first-order chi connectivity index (χ1) is 7.04. The van der Waals surface area contributed by atoms with Crippen molar-refractivity contribution in [3.8, 4) is 0 Å². The SMILES string of the molecule is C=C(CC)CC(=O)c1cc(Cl)ccc1C. The summed E-state index contributed by atoms with van der Waals surface area (Å²) >= 11 is 5.86. The average Bonchev–Trinajstić information content (AvgIpc) is 2.21. The lowest BCUT2D eigenvalue weighted by Gasteiger charge is -2.06. The number of ketones is 1. The van der Waals surface area contributed by atoms with Gasteiger partial charge in [-0.1, -0.05) is 36.7 Å². The molecular weight excluding hydrogens is 208 g/mol. The molecule has 0 aromatic heterocycles. The van der Waals surface area contributed by atoms with Crippen molar-refractivity contribution in [3.63, 3.8) is 0 Å². The monoisotopic (exact) mass is 222 g/mol. The van der Waals surface area contributed by atoms with Gasteiger partial charge in [-0.05, 0) is 31.0 Å². The second kappa shape index (κ2) is 5.13. The van der Waals surface area contributed by atoms with Crippen molar-refractivity contribution in [1.29, 1.82) is 0 Å². The highest BCUT2D eigenvalue weighted by Gasteiger charge is 2.10. The predicted octanol–water partition coefficient (Wildman–Crippen LogP) is 4.19. The molecule has 80 valence electrons. The van der Waals surface area contributed by atoms with Crippen molar-refractivity contribution in [1.82, 2.24) is 0 Å². The number of allylic oxidation sites excluding steroid dienone is 1. The molecule has 0 saturated carbocycles. The molecule has 0 aliphatic rings. The molecule has 15 heavy (non-hydrogen) atoms. The molecule has 0 spiro atoms. The van der Waals surface area contributed by atoms with Crippen LogP contribution in [-0.4, -0.2) is 5.78 Å². The van der Waals surface area contributed by atoms with Gasteiger partial charge in [-0.25, -0.2) is 0 Å². The molecule has 2 heteroatoms. The Morgan fingerprint density at radius 1 is 1.47 bits per heavy atom. The molecule has 0 fully saturated rings. The van der Waals surface area contributed by atoms with Crippen LogP contribution in [0.1, 0.15) is 35.7 Å². The van der Waals surface area contributed by atoms with Gasteiger partial charge >= 0.3 is 0 Å². The van der Waals surface area contributed by atoms with E-state index < -0.39 is 0 Å². The molecule has 1 rings (SSSR count). The summed E-state index contributed by atoms with van der Waals surface area (Å²) in [7, 11) is 0. The standard InChI is InChI=1S/C13H15ClO/c1-4-9(2)7-13(15)12-8-11(14)6-5-10(12)3/h5-6,8H,2,4,7H2,1,3H3. The van der Waals surface area contributed by atoms with Crippen molar-refractivity contribution in [2.24, 2.45) is 0 Å². The van der Waals surface area contributed by atoms with Crippen LogP contribution in [0.3, 0.4) is 0 Å². The zero-order valence-corrected chi connectivity index (χ0v) is 9.90. The second-order valence-corrected chi connectivity index (χ2v) is 4.10. The Labute approximate surface area is 95.8 Å². The second-order valence-electron chi connectivity index (χ2n) is 3.66. The zero-order chi connectivity index (χ0) is 11.4. The molecule has 1 aromatic carbocycles. The number of rotatable bonds is 4. The van der Waals surface area contributed by atoms with Crippen LogP contribution in [0.25, 0.3) is 0 Å². The first-order valence-corrected chi connectivity index (χ1v) is 5.38. The average molecular weight is 223 g/mol. The van der Waals surface area contributed by atoms with Gasteiger partial charge in [-0.2, -0.15) is 0 Å². The number of halogens is 1. The summed E-state index contributed by atoms with van der Waals surface area (Å²) in [6.07, 6.45) is 1.25. The summed E-state index contributed by atoms with van der Waals surface area (Å²) in [4.78, 5) is 11.9. The van der Waals surface area contributed by atoms with Gasteiger partial charge in [-0.3, -0.25) is 4.79 Å². The molecule has 1 aromatic rings. The summed E-state index contributed by atoms with van der Waals surface area (Å²) in [5, 5.41) is 0.603. The Kier molecular flexibility index (Phi) is 4.10. The van der Waals surface area contributed by atoms with Crippen LogP contribution in [0.5, 0.6) is 0 Å². The summed E-state index contributed by atoms with van der Waals surface area (Å²) in [5.41, 5.74) is 2.63. The number of carbonyl (C=O) groups is 1. The van der Waals surface area contributed by atoms with Gasteiger partial charge in [0, 0.05) is 17.0 Å². The third-order valence-corrected chi connectivity index (χ3v) is 2.65. The number of carbonyl (C=O) groups excluding carboxylic acids is 1. The summed E-state index contributed by atoms with van der Waals surface area (Å²) in [6.45, 7) is 7.75. The smallest absolute Gasteiger partial charge is 0.167 e. The summed E-state index contributed by atoms with van der Waals surface area (Å²) in [5.74, 6) is 0.0989. The molecule has 1 nitrogen and oxygen atoms in total. The maximum atomic E-state index is 11.9. The maximum absolute atomic E-state index is 11.9. The number of aryl methyl sites for hydroxylation is 1. The third-order valence-electron chi connectivity index (χ3n) is 2.41.